The molecule has 104 valence electrons. The van der Waals surface area contributed by atoms with Gasteiger partial charge in [-0.05, 0) is 19.1 Å². The number of nitrogens with zero attached hydrogens (tertiary/aromatic N) is 1. The minimum Gasteiger partial charge on any atom is -0.505 e. The number of hydrogen-bond acceptors (Lipinski definition) is 4. The van der Waals surface area contributed by atoms with E-state index in [0.29, 0.717) is 16.8 Å². The molecule has 0 atom stereocenters. The van der Waals surface area contributed by atoms with Crippen LogP contribution in [-0.4, -0.2) is 10.0 Å². The van der Waals surface area contributed by atoms with E-state index in [4.69, 9.17) is 0 Å². The zero-order chi connectivity index (χ0) is 14.7. The number of nitrogens with one attached hydrogen (secondary N) is 1. The zero-order valence-electron chi connectivity index (χ0n) is 10.8. The van der Waals surface area contributed by atoms with Crippen LogP contribution in [-0.2, 0) is 6.54 Å². The molecule has 20 heavy (non-hydrogen) atoms. The van der Waals surface area contributed by atoms with Gasteiger partial charge in [0.25, 0.3) is 5.69 Å². The van der Waals surface area contributed by atoms with Crippen LogP contribution in [0.25, 0.3) is 0 Å². The Bertz CT molecular complexity index is 659. The van der Waals surface area contributed by atoms with E-state index in [2.05, 4.69) is 5.32 Å². The van der Waals surface area contributed by atoms with Gasteiger partial charge in [0.15, 0.2) is 11.6 Å². The number of aryl methyl sites for hydroxylation is 1. The van der Waals surface area contributed by atoms with E-state index in [0.717, 1.165) is 6.07 Å². The molecule has 0 bridgehead atoms. The third-order valence-electron chi connectivity index (χ3n) is 2.96. The van der Waals surface area contributed by atoms with Crippen molar-refractivity contribution in [3.05, 3.63) is 63.5 Å². The van der Waals surface area contributed by atoms with Gasteiger partial charge in [-0.25, -0.2) is 4.39 Å². The number of nitro benzene ring substituents is 1. The van der Waals surface area contributed by atoms with Crippen molar-refractivity contribution >= 4 is 11.4 Å². The standard InChI is InChI=1S/C14H13FN2O3/c1-9-5-6-11(7-13(9)17(19)20)16-8-10-3-2-4-12(15)14(10)18/h2-7,16,18H,8H2,1H3. The van der Waals surface area contributed by atoms with Gasteiger partial charge in [-0.1, -0.05) is 18.2 Å². The fraction of sp³-hybridized carbons (Fsp3) is 0.143. The molecule has 6 heteroatoms. The molecule has 2 rings (SSSR count). The van der Waals surface area contributed by atoms with Crippen LogP contribution in [0.15, 0.2) is 36.4 Å². The molecule has 0 fully saturated rings. The molecule has 0 aliphatic rings. The van der Waals surface area contributed by atoms with Crippen molar-refractivity contribution in [2.45, 2.75) is 13.5 Å². The first-order valence-corrected chi connectivity index (χ1v) is 5.94. The molecule has 2 N–H and O–H groups in total. The Morgan fingerprint density at radius 1 is 1.35 bits per heavy atom. The Morgan fingerprint density at radius 3 is 2.80 bits per heavy atom. The molecular formula is C14H13FN2O3. The quantitative estimate of drug-likeness (QED) is 0.663. The molecule has 5 nitrogen and oxygen atoms in total. The van der Waals surface area contributed by atoms with E-state index < -0.39 is 16.5 Å². The maximum absolute atomic E-state index is 13.2. The predicted octanol–water partition coefficient (Wildman–Crippen LogP) is 3.36. The molecule has 2 aromatic rings. The van der Waals surface area contributed by atoms with Crippen molar-refractivity contribution in [1.82, 2.24) is 0 Å². The molecule has 0 aliphatic carbocycles. The first kappa shape index (κ1) is 13.8. The summed E-state index contributed by atoms with van der Waals surface area (Å²) in [5.74, 6) is -1.11. The lowest BCUT2D eigenvalue weighted by molar-refractivity contribution is -0.385. The Labute approximate surface area is 114 Å². The number of anilines is 1. The minimum atomic E-state index is -0.695. The van der Waals surface area contributed by atoms with Gasteiger partial charge < -0.3 is 10.4 Å². The van der Waals surface area contributed by atoms with Gasteiger partial charge in [-0.15, -0.1) is 0 Å². The van der Waals surface area contributed by atoms with Crippen LogP contribution < -0.4 is 5.32 Å². The number of aromatic hydroxyl groups is 1. The summed E-state index contributed by atoms with van der Waals surface area (Å²) in [7, 11) is 0. The van der Waals surface area contributed by atoms with Gasteiger partial charge in [-0.3, -0.25) is 10.1 Å². The van der Waals surface area contributed by atoms with Gasteiger partial charge in [-0.2, -0.15) is 0 Å². The molecule has 0 unspecified atom stereocenters. The lowest BCUT2D eigenvalue weighted by Gasteiger charge is -2.09. The minimum absolute atomic E-state index is 0.0125. The summed E-state index contributed by atoms with van der Waals surface area (Å²) >= 11 is 0. The molecule has 0 spiro atoms. The molecule has 0 heterocycles. The van der Waals surface area contributed by atoms with E-state index in [1.165, 1.54) is 12.1 Å². The molecule has 0 saturated heterocycles. The fourth-order valence-corrected chi connectivity index (χ4v) is 1.82. The number of para-hydroxylation sites is 1. The van der Waals surface area contributed by atoms with Crippen LogP contribution in [0.3, 0.4) is 0 Å². The second kappa shape index (κ2) is 5.56. The Hall–Kier alpha value is -2.63. The Balaban J connectivity index is 2.17. The van der Waals surface area contributed by atoms with E-state index >= 15 is 0 Å². The SMILES string of the molecule is Cc1ccc(NCc2cccc(F)c2O)cc1[N+](=O)[O-]. The van der Waals surface area contributed by atoms with Gasteiger partial charge in [0.05, 0.1) is 4.92 Å². The van der Waals surface area contributed by atoms with Crippen LogP contribution >= 0.6 is 0 Å². The number of benzene rings is 2. The van der Waals surface area contributed by atoms with Gasteiger partial charge in [0, 0.05) is 29.4 Å². The number of hydrogen-bond donors (Lipinski definition) is 2. The van der Waals surface area contributed by atoms with E-state index in [1.807, 2.05) is 0 Å². The van der Waals surface area contributed by atoms with E-state index in [9.17, 15) is 19.6 Å². The average molecular weight is 276 g/mol. The topological polar surface area (TPSA) is 75.4 Å². The lowest BCUT2D eigenvalue weighted by atomic mass is 10.1. The Morgan fingerprint density at radius 2 is 2.10 bits per heavy atom. The van der Waals surface area contributed by atoms with Crippen LogP contribution in [0.1, 0.15) is 11.1 Å². The molecule has 0 aliphatic heterocycles. The average Bonchev–Trinajstić information content (AvgIpc) is 2.41. The highest BCUT2D eigenvalue weighted by atomic mass is 19.1. The highest BCUT2D eigenvalue weighted by Crippen LogP contribution is 2.25. The second-order valence-corrected chi connectivity index (χ2v) is 4.36. The molecule has 0 radical (unpaired) electrons. The van der Waals surface area contributed by atoms with Crippen LogP contribution in [0.5, 0.6) is 5.75 Å². The number of nitro groups is 1. The lowest BCUT2D eigenvalue weighted by Crippen LogP contribution is -2.01. The third-order valence-corrected chi connectivity index (χ3v) is 2.96. The van der Waals surface area contributed by atoms with Crippen LogP contribution in [0.2, 0.25) is 0 Å². The molecular weight excluding hydrogens is 263 g/mol. The normalized spacial score (nSPS) is 10.3. The van der Waals surface area contributed by atoms with Gasteiger partial charge in [0.1, 0.15) is 0 Å². The van der Waals surface area contributed by atoms with E-state index in [1.54, 1.807) is 25.1 Å². The summed E-state index contributed by atoms with van der Waals surface area (Å²) < 4.78 is 13.2. The Kier molecular flexibility index (Phi) is 3.84. The smallest absolute Gasteiger partial charge is 0.274 e. The molecule has 0 saturated carbocycles. The monoisotopic (exact) mass is 276 g/mol. The maximum atomic E-state index is 13.2. The third kappa shape index (κ3) is 2.85. The zero-order valence-corrected chi connectivity index (χ0v) is 10.8. The summed E-state index contributed by atoms with van der Waals surface area (Å²) in [4.78, 5) is 10.4. The van der Waals surface area contributed by atoms with Crippen LogP contribution in [0, 0.1) is 22.9 Å². The van der Waals surface area contributed by atoms with Gasteiger partial charge >= 0.3 is 0 Å². The molecule has 2 aromatic carbocycles. The van der Waals surface area contributed by atoms with Crippen molar-refractivity contribution in [3.8, 4) is 5.75 Å². The molecule has 0 aromatic heterocycles. The number of rotatable bonds is 4. The number of phenolic OH excluding ortho intramolecular Hbond substituents is 1. The first-order chi connectivity index (χ1) is 9.49. The van der Waals surface area contributed by atoms with Crippen molar-refractivity contribution in [2.24, 2.45) is 0 Å². The first-order valence-electron chi connectivity index (χ1n) is 5.94. The second-order valence-electron chi connectivity index (χ2n) is 4.36. The highest BCUT2D eigenvalue weighted by Gasteiger charge is 2.11. The van der Waals surface area contributed by atoms with Crippen molar-refractivity contribution in [1.29, 1.82) is 0 Å². The summed E-state index contributed by atoms with van der Waals surface area (Å²) in [5, 5.41) is 23.3. The van der Waals surface area contributed by atoms with E-state index in [-0.39, 0.29) is 12.2 Å². The highest BCUT2D eigenvalue weighted by molar-refractivity contribution is 5.55. The fourth-order valence-electron chi connectivity index (χ4n) is 1.82. The number of phenols is 1. The van der Waals surface area contributed by atoms with Crippen LogP contribution in [0.4, 0.5) is 15.8 Å². The summed E-state index contributed by atoms with van der Waals surface area (Å²) in [6, 6.07) is 8.96. The maximum Gasteiger partial charge on any atom is 0.274 e. The summed E-state index contributed by atoms with van der Waals surface area (Å²) in [5.41, 5.74) is 1.49. The number of halogens is 1. The summed E-state index contributed by atoms with van der Waals surface area (Å²) in [6.07, 6.45) is 0. The van der Waals surface area contributed by atoms with Crippen molar-refractivity contribution in [3.63, 3.8) is 0 Å². The predicted molar refractivity (Wildman–Crippen MR) is 73.2 cm³/mol. The summed E-state index contributed by atoms with van der Waals surface area (Å²) in [6.45, 7) is 1.82. The molecule has 0 amide bonds. The van der Waals surface area contributed by atoms with Crippen molar-refractivity contribution in [2.75, 3.05) is 5.32 Å². The largest absolute Gasteiger partial charge is 0.505 e. The van der Waals surface area contributed by atoms with Gasteiger partial charge in [0.2, 0.25) is 0 Å². The van der Waals surface area contributed by atoms with Crippen molar-refractivity contribution < 1.29 is 14.4 Å².